The van der Waals surface area contributed by atoms with Crippen LogP contribution in [0.15, 0.2) is 18.2 Å². The van der Waals surface area contributed by atoms with Crippen LogP contribution in [0.25, 0.3) is 0 Å². The van der Waals surface area contributed by atoms with Gasteiger partial charge in [0.05, 0.1) is 10.6 Å². The van der Waals surface area contributed by atoms with E-state index in [9.17, 15) is 19.7 Å². The Morgan fingerprint density at radius 1 is 1.50 bits per heavy atom. The zero-order valence-corrected chi connectivity index (χ0v) is 11.1. The van der Waals surface area contributed by atoms with Crippen molar-refractivity contribution < 1.29 is 14.5 Å². The molecule has 1 aromatic rings. The number of carbonyl (C=O) groups excluding carboxylic acids is 2. The van der Waals surface area contributed by atoms with E-state index >= 15 is 0 Å². The van der Waals surface area contributed by atoms with E-state index in [4.69, 9.17) is 5.73 Å². The summed E-state index contributed by atoms with van der Waals surface area (Å²) in [6.07, 6.45) is 0. The van der Waals surface area contributed by atoms with E-state index < -0.39 is 16.9 Å². The minimum Gasteiger partial charge on any atom is -0.347 e. The number of nitrogens with two attached hydrogens (primary N) is 1. The number of nitro benzene ring substituents is 1. The summed E-state index contributed by atoms with van der Waals surface area (Å²) in [5.74, 6) is -0.688. The number of benzene rings is 1. The van der Waals surface area contributed by atoms with Crippen LogP contribution in [0, 0.1) is 10.1 Å². The lowest BCUT2D eigenvalue weighted by Gasteiger charge is -2.19. The molecule has 0 aromatic heterocycles. The van der Waals surface area contributed by atoms with E-state index in [2.05, 4.69) is 0 Å². The van der Waals surface area contributed by atoms with Crippen LogP contribution in [0.1, 0.15) is 11.6 Å². The molecule has 1 heterocycles. The summed E-state index contributed by atoms with van der Waals surface area (Å²) >= 11 is 0. The second-order valence-electron chi connectivity index (χ2n) is 4.69. The first-order chi connectivity index (χ1) is 9.32. The third kappa shape index (κ3) is 2.21. The fourth-order valence-electron chi connectivity index (χ4n) is 2.01. The number of non-ortho nitro benzene ring substituents is 1. The smallest absolute Gasteiger partial charge is 0.269 e. The van der Waals surface area contributed by atoms with Gasteiger partial charge in [-0.3, -0.25) is 19.7 Å². The Bertz CT molecular complexity index is 599. The van der Waals surface area contributed by atoms with Gasteiger partial charge in [0.15, 0.2) is 0 Å². The van der Waals surface area contributed by atoms with Crippen molar-refractivity contribution in [1.82, 2.24) is 4.90 Å². The summed E-state index contributed by atoms with van der Waals surface area (Å²) in [6, 6.07) is 3.04. The Labute approximate surface area is 114 Å². The van der Waals surface area contributed by atoms with Gasteiger partial charge in [-0.1, -0.05) is 0 Å². The van der Waals surface area contributed by atoms with Crippen LogP contribution in [0.4, 0.5) is 11.4 Å². The molecule has 8 heteroatoms. The van der Waals surface area contributed by atoms with Crippen LogP contribution in [-0.2, 0) is 9.59 Å². The van der Waals surface area contributed by atoms with Gasteiger partial charge in [0.2, 0.25) is 11.8 Å². The fourth-order valence-corrected chi connectivity index (χ4v) is 2.01. The second-order valence-corrected chi connectivity index (χ2v) is 4.69. The molecule has 8 nitrogen and oxygen atoms in total. The molecule has 2 amide bonds. The second kappa shape index (κ2) is 4.89. The third-order valence-corrected chi connectivity index (χ3v) is 3.17. The van der Waals surface area contributed by atoms with Gasteiger partial charge in [-0.05, 0) is 6.07 Å². The molecule has 2 N–H and O–H groups in total. The molecule has 2 rings (SSSR count). The van der Waals surface area contributed by atoms with E-state index in [1.807, 2.05) is 0 Å². The van der Waals surface area contributed by atoms with Gasteiger partial charge in [0.1, 0.15) is 12.6 Å². The van der Waals surface area contributed by atoms with Gasteiger partial charge >= 0.3 is 0 Å². The molecule has 1 atom stereocenters. The van der Waals surface area contributed by atoms with E-state index in [0.717, 1.165) is 0 Å². The number of rotatable bonds is 3. The molecular formula is C12H14N4O4. The Morgan fingerprint density at radius 2 is 2.15 bits per heavy atom. The van der Waals surface area contributed by atoms with Crippen molar-refractivity contribution in [2.24, 2.45) is 5.73 Å². The topological polar surface area (TPSA) is 110 Å². The first-order valence-corrected chi connectivity index (χ1v) is 5.88. The first kappa shape index (κ1) is 13.9. The number of amides is 2. The van der Waals surface area contributed by atoms with Crippen LogP contribution in [0.3, 0.4) is 0 Å². The summed E-state index contributed by atoms with van der Waals surface area (Å²) in [7, 11) is 3.17. The van der Waals surface area contributed by atoms with Crippen LogP contribution in [-0.4, -0.2) is 42.3 Å². The molecule has 0 saturated heterocycles. The molecule has 0 saturated carbocycles. The number of anilines is 1. The van der Waals surface area contributed by atoms with E-state index in [1.165, 1.54) is 28.0 Å². The van der Waals surface area contributed by atoms with Gasteiger partial charge in [-0.15, -0.1) is 0 Å². The number of carbonyl (C=O) groups is 2. The maximum absolute atomic E-state index is 12.1. The van der Waals surface area contributed by atoms with Crippen molar-refractivity contribution in [3.8, 4) is 0 Å². The zero-order chi connectivity index (χ0) is 15.0. The van der Waals surface area contributed by atoms with Crippen molar-refractivity contribution in [3.63, 3.8) is 0 Å². The van der Waals surface area contributed by atoms with Crippen molar-refractivity contribution in [3.05, 3.63) is 33.9 Å². The molecule has 20 heavy (non-hydrogen) atoms. The molecule has 0 fully saturated rings. The van der Waals surface area contributed by atoms with Gasteiger partial charge < -0.3 is 15.5 Å². The van der Waals surface area contributed by atoms with E-state index in [1.54, 1.807) is 14.1 Å². The average molecular weight is 278 g/mol. The zero-order valence-electron chi connectivity index (χ0n) is 11.1. The molecule has 0 radical (unpaired) electrons. The Balaban J connectivity index is 2.38. The Hall–Kier alpha value is -2.48. The van der Waals surface area contributed by atoms with Crippen molar-refractivity contribution in [1.29, 1.82) is 0 Å². The average Bonchev–Trinajstić information content (AvgIpc) is 2.63. The highest BCUT2D eigenvalue weighted by molar-refractivity contribution is 6.07. The largest absolute Gasteiger partial charge is 0.347 e. The van der Waals surface area contributed by atoms with Crippen molar-refractivity contribution in [2.45, 2.75) is 6.04 Å². The fraction of sp³-hybridized carbons (Fsp3) is 0.333. The lowest BCUT2D eigenvalue weighted by atomic mass is 10.1. The normalized spacial score (nSPS) is 17.1. The highest BCUT2D eigenvalue weighted by Crippen LogP contribution is 2.36. The van der Waals surface area contributed by atoms with E-state index in [0.29, 0.717) is 11.3 Å². The van der Waals surface area contributed by atoms with Crippen molar-refractivity contribution >= 4 is 23.2 Å². The number of fused-ring (bicyclic) bond motifs is 1. The Kier molecular flexibility index (Phi) is 3.41. The number of hydrogen-bond donors (Lipinski definition) is 1. The number of nitro groups is 1. The summed E-state index contributed by atoms with van der Waals surface area (Å²) in [5, 5.41) is 10.7. The van der Waals surface area contributed by atoms with E-state index in [-0.39, 0.29) is 18.1 Å². The highest BCUT2D eigenvalue weighted by Gasteiger charge is 2.37. The Morgan fingerprint density at radius 3 is 2.70 bits per heavy atom. The third-order valence-electron chi connectivity index (χ3n) is 3.17. The van der Waals surface area contributed by atoms with Gasteiger partial charge in [0.25, 0.3) is 5.69 Å². The summed E-state index contributed by atoms with van der Waals surface area (Å²) in [6.45, 7) is -0.135. The number of hydrogen-bond acceptors (Lipinski definition) is 5. The van der Waals surface area contributed by atoms with Crippen LogP contribution >= 0.6 is 0 Å². The summed E-state index contributed by atoms with van der Waals surface area (Å²) in [4.78, 5) is 36.6. The van der Waals surface area contributed by atoms with Gasteiger partial charge in [-0.25, -0.2) is 0 Å². The molecule has 0 bridgehead atoms. The van der Waals surface area contributed by atoms with Crippen LogP contribution in [0.5, 0.6) is 0 Å². The molecule has 106 valence electrons. The molecule has 1 unspecified atom stereocenters. The van der Waals surface area contributed by atoms with Crippen LogP contribution < -0.4 is 10.6 Å². The molecular weight excluding hydrogens is 264 g/mol. The maximum Gasteiger partial charge on any atom is 0.269 e. The lowest BCUT2D eigenvalue weighted by Crippen LogP contribution is -2.40. The number of nitrogens with zero attached hydrogens (tertiary/aromatic N) is 3. The molecule has 1 aromatic carbocycles. The minimum atomic E-state index is -0.972. The predicted octanol–water partition coefficient (Wildman–Crippen LogP) is 0.0294. The van der Waals surface area contributed by atoms with Gasteiger partial charge in [-0.2, -0.15) is 0 Å². The minimum absolute atomic E-state index is 0.132. The first-order valence-electron chi connectivity index (χ1n) is 5.88. The lowest BCUT2D eigenvalue weighted by molar-refractivity contribution is -0.384. The monoisotopic (exact) mass is 278 g/mol. The molecule has 0 spiro atoms. The van der Waals surface area contributed by atoms with Crippen molar-refractivity contribution in [2.75, 3.05) is 25.5 Å². The van der Waals surface area contributed by atoms with Gasteiger partial charge in [0, 0.05) is 31.8 Å². The predicted molar refractivity (Wildman–Crippen MR) is 71.1 cm³/mol. The maximum atomic E-state index is 12.1. The molecule has 0 aliphatic carbocycles. The standard InChI is InChI=1S/C12H14N4O4/c1-14(2)10(17)6-15-9-4-3-7(16(19)20)5-8(9)11(13)12(15)18/h3-5,11H,6,13H2,1-2H3. The SMILES string of the molecule is CN(C)C(=O)CN1C(=O)C(N)c2cc([N+](=O)[O-])ccc21. The summed E-state index contributed by atoms with van der Waals surface area (Å²) in [5.41, 5.74) is 6.45. The quantitative estimate of drug-likeness (QED) is 0.619. The summed E-state index contributed by atoms with van der Waals surface area (Å²) < 4.78 is 0. The molecule has 1 aliphatic rings. The number of likely N-dealkylation sites (N-methyl/N-ethyl adjacent to an activating group) is 1. The van der Waals surface area contributed by atoms with Crippen LogP contribution in [0.2, 0.25) is 0 Å². The molecule has 1 aliphatic heterocycles. The highest BCUT2D eigenvalue weighted by atomic mass is 16.6.